The monoisotopic (exact) mass is 309 g/mol. The van der Waals surface area contributed by atoms with Gasteiger partial charge in [-0.25, -0.2) is 5.43 Å². The van der Waals surface area contributed by atoms with Crippen molar-refractivity contribution < 1.29 is 5.11 Å². The molecule has 0 aliphatic rings. The number of rotatable bonds is 3. The van der Waals surface area contributed by atoms with Crippen LogP contribution in [0.2, 0.25) is 0 Å². The molecule has 1 aromatic carbocycles. The van der Waals surface area contributed by atoms with E-state index in [0.717, 1.165) is 10.7 Å². The first-order valence-electron chi connectivity index (χ1n) is 4.85. The van der Waals surface area contributed by atoms with Gasteiger partial charge in [0.25, 0.3) is 5.56 Å². The zero-order valence-corrected chi connectivity index (χ0v) is 10.5. The van der Waals surface area contributed by atoms with Gasteiger partial charge in [-0.05, 0) is 18.2 Å². The van der Waals surface area contributed by atoms with Gasteiger partial charge >= 0.3 is 0 Å². The van der Waals surface area contributed by atoms with Gasteiger partial charge in [-0.15, -0.1) is 10.2 Å². The minimum Gasteiger partial charge on any atom is -0.507 e. The minimum atomic E-state index is -0.381. The molecule has 0 saturated carbocycles. The molecule has 0 radical (unpaired) electrons. The van der Waals surface area contributed by atoms with Crippen molar-refractivity contribution in [2.24, 2.45) is 5.10 Å². The molecule has 3 N–H and O–H groups in total. The molecular formula is C10H8BrN5O2. The lowest BCUT2D eigenvalue weighted by Crippen LogP contribution is -2.10. The largest absolute Gasteiger partial charge is 0.507 e. The lowest BCUT2D eigenvalue weighted by molar-refractivity contribution is 0.474. The van der Waals surface area contributed by atoms with Crippen LogP contribution in [0.25, 0.3) is 0 Å². The zero-order valence-electron chi connectivity index (χ0n) is 8.96. The standard InChI is InChI=1S/C10H8BrN5O2/c11-7-1-2-8(17)6(3-7)4-12-15-10-14-9(18)5-13-16-10/h1-5,17H,(H2,14,15,16,18)/b12-4+. The van der Waals surface area contributed by atoms with Gasteiger partial charge in [-0.2, -0.15) is 5.10 Å². The lowest BCUT2D eigenvalue weighted by Gasteiger charge is -1.99. The molecule has 2 aromatic rings. The summed E-state index contributed by atoms with van der Waals surface area (Å²) in [6.45, 7) is 0. The molecule has 0 atom stereocenters. The molecule has 92 valence electrons. The van der Waals surface area contributed by atoms with Crippen molar-refractivity contribution in [3.63, 3.8) is 0 Å². The Morgan fingerprint density at radius 2 is 2.33 bits per heavy atom. The molecule has 1 aromatic heterocycles. The van der Waals surface area contributed by atoms with Crippen LogP contribution in [-0.4, -0.2) is 26.5 Å². The van der Waals surface area contributed by atoms with E-state index in [0.29, 0.717) is 5.56 Å². The third kappa shape index (κ3) is 3.14. The molecule has 0 amide bonds. The molecule has 0 aliphatic carbocycles. The van der Waals surface area contributed by atoms with Crippen LogP contribution in [0.3, 0.4) is 0 Å². The van der Waals surface area contributed by atoms with Crippen LogP contribution in [0.15, 0.2) is 38.8 Å². The first-order valence-corrected chi connectivity index (χ1v) is 5.64. The molecule has 8 heteroatoms. The van der Waals surface area contributed by atoms with Crippen LogP contribution in [0.5, 0.6) is 5.75 Å². The van der Waals surface area contributed by atoms with Gasteiger partial charge in [0.15, 0.2) is 0 Å². The number of H-pyrrole nitrogens is 1. The van der Waals surface area contributed by atoms with E-state index in [9.17, 15) is 9.90 Å². The second-order valence-corrected chi connectivity index (χ2v) is 4.17. The minimum absolute atomic E-state index is 0.0939. The highest BCUT2D eigenvalue weighted by molar-refractivity contribution is 9.10. The summed E-state index contributed by atoms with van der Waals surface area (Å²) in [6, 6.07) is 4.94. The summed E-state index contributed by atoms with van der Waals surface area (Å²) in [6.07, 6.45) is 2.45. The van der Waals surface area contributed by atoms with Crippen LogP contribution >= 0.6 is 15.9 Å². The number of benzene rings is 1. The van der Waals surface area contributed by atoms with Crippen LogP contribution in [0.4, 0.5) is 5.95 Å². The second kappa shape index (κ2) is 5.41. The van der Waals surface area contributed by atoms with Crippen molar-refractivity contribution in [3.05, 3.63) is 44.8 Å². The Kier molecular flexibility index (Phi) is 3.68. The number of hydrogen-bond donors (Lipinski definition) is 3. The van der Waals surface area contributed by atoms with E-state index in [1.54, 1.807) is 12.1 Å². The van der Waals surface area contributed by atoms with Crippen molar-refractivity contribution in [2.75, 3.05) is 5.43 Å². The van der Waals surface area contributed by atoms with E-state index in [-0.39, 0.29) is 17.3 Å². The number of hydrogen-bond acceptors (Lipinski definition) is 6. The highest BCUT2D eigenvalue weighted by Gasteiger charge is 1.98. The van der Waals surface area contributed by atoms with E-state index in [2.05, 4.69) is 41.6 Å². The summed E-state index contributed by atoms with van der Waals surface area (Å²) in [7, 11) is 0. The van der Waals surface area contributed by atoms with Gasteiger partial charge in [0.1, 0.15) is 11.9 Å². The quantitative estimate of drug-likeness (QED) is 0.581. The number of nitrogens with one attached hydrogen (secondary N) is 2. The maximum atomic E-state index is 10.9. The number of aromatic amines is 1. The fourth-order valence-corrected chi connectivity index (χ4v) is 1.53. The first kappa shape index (κ1) is 12.2. The van der Waals surface area contributed by atoms with E-state index in [1.807, 2.05) is 0 Å². The molecule has 0 saturated heterocycles. The Bertz CT molecular complexity index is 640. The number of aromatic nitrogens is 3. The smallest absolute Gasteiger partial charge is 0.271 e. The third-order valence-electron chi connectivity index (χ3n) is 1.94. The lowest BCUT2D eigenvalue weighted by atomic mass is 10.2. The molecule has 0 fully saturated rings. The zero-order chi connectivity index (χ0) is 13.0. The average molecular weight is 310 g/mol. The van der Waals surface area contributed by atoms with Crippen molar-refractivity contribution in [1.82, 2.24) is 15.2 Å². The molecule has 7 nitrogen and oxygen atoms in total. The topological polar surface area (TPSA) is 103 Å². The molecule has 18 heavy (non-hydrogen) atoms. The Balaban J connectivity index is 2.12. The van der Waals surface area contributed by atoms with Crippen molar-refractivity contribution in [2.45, 2.75) is 0 Å². The van der Waals surface area contributed by atoms with Crippen LogP contribution < -0.4 is 11.0 Å². The average Bonchev–Trinajstić information content (AvgIpc) is 2.34. The summed E-state index contributed by atoms with van der Waals surface area (Å²) in [4.78, 5) is 13.3. The van der Waals surface area contributed by atoms with E-state index >= 15 is 0 Å². The van der Waals surface area contributed by atoms with Gasteiger partial charge < -0.3 is 5.11 Å². The van der Waals surface area contributed by atoms with Gasteiger partial charge in [-0.3, -0.25) is 9.78 Å². The van der Waals surface area contributed by atoms with Gasteiger partial charge in [0.05, 0.1) is 6.21 Å². The summed E-state index contributed by atoms with van der Waals surface area (Å²) in [5.74, 6) is 0.213. The fourth-order valence-electron chi connectivity index (χ4n) is 1.16. The predicted octanol–water partition coefficient (Wildman–Crippen LogP) is 1.08. The third-order valence-corrected chi connectivity index (χ3v) is 2.43. The number of nitrogens with zero attached hydrogens (tertiary/aromatic N) is 3. The highest BCUT2D eigenvalue weighted by atomic mass is 79.9. The Morgan fingerprint density at radius 3 is 3.11 bits per heavy atom. The fraction of sp³-hybridized carbons (Fsp3) is 0. The molecule has 0 spiro atoms. The van der Waals surface area contributed by atoms with Crippen molar-refractivity contribution >= 4 is 28.1 Å². The molecule has 0 unspecified atom stereocenters. The normalized spacial score (nSPS) is 10.7. The molecule has 0 bridgehead atoms. The maximum absolute atomic E-state index is 10.9. The maximum Gasteiger partial charge on any atom is 0.271 e. The number of hydrazone groups is 1. The summed E-state index contributed by atoms with van der Waals surface area (Å²) in [5.41, 5.74) is 2.63. The van der Waals surface area contributed by atoms with Crippen LogP contribution in [0.1, 0.15) is 5.56 Å². The van der Waals surface area contributed by atoms with Gasteiger partial charge in [0, 0.05) is 10.0 Å². The van der Waals surface area contributed by atoms with E-state index in [1.165, 1.54) is 12.3 Å². The number of aromatic hydroxyl groups is 1. The molecule has 1 heterocycles. The van der Waals surface area contributed by atoms with Crippen molar-refractivity contribution in [3.8, 4) is 5.75 Å². The van der Waals surface area contributed by atoms with E-state index < -0.39 is 0 Å². The number of halogens is 1. The molecule has 2 rings (SSSR count). The number of anilines is 1. The second-order valence-electron chi connectivity index (χ2n) is 3.26. The number of phenolic OH excluding ortho intramolecular Hbond substituents is 1. The molecular weight excluding hydrogens is 302 g/mol. The SMILES string of the molecule is O=c1cnnc(N/N=C/c2cc(Br)ccc2O)[nH]1. The van der Waals surface area contributed by atoms with E-state index in [4.69, 9.17) is 0 Å². The Labute approximate surface area is 110 Å². The van der Waals surface area contributed by atoms with Crippen molar-refractivity contribution in [1.29, 1.82) is 0 Å². The molecule has 0 aliphatic heterocycles. The van der Waals surface area contributed by atoms with Crippen LogP contribution in [-0.2, 0) is 0 Å². The van der Waals surface area contributed by atoms with Gasteiger partial charge in [0.2, 0.25) is 5.95 Å². The first-order chi connectivity index (χ1) is 8.65. The summed E-state index contributed by atoms with van der Waals surface area (Å²) in [5, 5.41) is 20.4. The highest BCUT2D eigenvalue weighted by Crippen LogP contribution is 2.19. The Morgan fingerprint density at radius 1 is 1.50 bits per heavy atom. The summed E-state index contributed by atoms with van der Waals surface area (Å²) < 4.78 is 0.814. The number of phenols is 1. The van der Waals surface area contributed by atoms with Crippen LogP contribution in [0, 0.1) is 0 Å². The van der Waals surface area contributed by atoms with Gasteiger partial charge in [-0.1, -0.05) is 15.9 Å². The summed E-state index contributed by atoms with van der Waals surface area (Å²) >= 11 is 3.28. The Hall–Kier alpha value is -2.22. The predicted molar refractivity (Wildman–Crippen MR) is 69.7 cm³/mol.